The largest absolute Gasteiger partial charge is 0.346 e. The number of fused-ring (bicyclic) bond motifs is 2. The first-order valence-corrected chi connectivity index (χ1v) is 11.6. The highest BCUT2D eigenvalue weighted by Crippen LogP contribution is 2.18. The zero-order chi connectivity index (χ0) is 21.6. The molecule has 0 unspecified atom stereocenters. The number of aryl methyl sites for hydroxylation is 1. The summed E-state index contributed by atoms with van der Waals surface area (Å²) in [4.78, 5) is 32.1. The summed E-state index contributed by atoms with van der Waals surface area (Å²) >= 11 is 1.73. The normalized spacial score (nSPS) is 12.3. The van der Waals surface area contributed by atoms with Crippen molar-refractivity contribution in [1.29, 1.82) is 0 Å². The summed E-state index contributed by atoms with van der Waals surface area (Å²) in [6.45, 7) is 0. The number of H-pyrrole nitrogens is 1. The number of aromatic nitrogens is 5. The van der Waals surface area contributed by atoms with E-state index < -0.39 is 0 Å². The highest BCUT2D eigenvalue weighted by molar-refractivity contribution is 7.98. The van der Waals surface area contributed by atoms with E-state index in [-0.39, 0.29) is 17.5 Å². The Labute approximate surface area is 183 Å². The number of nitrogens with one attached hydrogen (secondary N) is 2. The Morgan fingerprint density at radius 2 is 2.03 bits per heavy atom. The predicted molar refractivity (Wildman–Crippen MR) is 122 cm³/mol. The molecule has 0 saturated heterocycles. The van der Waals surface area contributed by atoms with Gasteiger partial charge in [-0.05, 0) is 49.1 Å². The summed E-state index contributed by atoms with van der Waals surface area (Å²) < 4.78 is 1.91. The van der Waals surface area contributed by atoms with Crippen LogP contribution in [0.5, 0.6) is 0 Å². The van der Waals surface area contributed by atoms with E-state index in [1.807, 2.05) is 53.3 Å². The van der Waals surface area contributed by atoms with Crippen LogP contribution in [0.1, 0.15) is 37.0 Å². The summed E-state index contributed by atoms with van der Waals surface area (Å²) in [6.07, 6.45) is 6.16. The van der Waals surface area contributed by atoms with Crippen molar-refractivity contribution >= 4 is 34.2 Å². The number of thioether (sulfide) groups is 1. The third kappa shape index (κ3) is 4.93. The number of amides is 1. The Balaban J connectivity index is 1.40. The molecular weight excluding hydrogens is 412 g/mol. The van der Waals surface area contributed by atoms with E-state index in [9.17, 15) is 9.59 Å². The lowest BCUT2D eigenvalue weighted by molar-refractivity contribution is -0.122. The number of rotatable bonds is 9. The molecule has 2 N–H and O–H groups in total. The molecule has 0 bridgehead atoms. The number of pyridine rings is 1. The molecule has 1 aromatic carbocycles. The van der Waals surface area contributed by atoms with Crippen LogP contribution >= 0.6 is 11.8 Å². The van der Waals surface area contributed by atoms with Gasteiger partial charge in [0, 0.05) is 19.0 Å². The standard InChI is InChI=1S/C22H24N6O2S/c1-31-14-12-17(21-27-26-19-10-4-5-13-28(19)21)24-20(29)11-6-9-18-23-16-8-3-2-7-15(16)22(30)25-18/h2-5,7-8,10,13,17H,6,9,11-12,14H2,1H3,(H,24,29)(H,23,25,30)/t17-/m0/s1. The first kappa shape index (κ1) is 21.0. The van der Waals surface area contributed by atoms with E-state index >= 15 is 0 Å². The monoisotopic (exact) mass is 436 g/mol. The highest BCUT2D eigenvalue weighted by Gasteiger charge is 2.20. The van der Waals surface area contributed by atoms with Gasteiger partial charge in [0.15, 0.2) is 11.5 Å². The molecule has 4 aromatic rings. The minimum atomic E-state index is -0.212. The van der Waals surface area contributed by atoms with Gasteiger partial charge in [-0.25, -0.2) is 4.98 Å². The summed E-state index contributed by atoms with van der Waals surface area (Å²) in [5, 5.41) is 12.2. The van der Waals surface area contributed by atoms with Crippen LogP contribution in [0.2, 0.25) is 0 Å². The second-order valence-corrected chi connectivity index (χ2v) is 8.26. The third-order valence-corrected chi connectivity index (χ3v) is 5.72. The van der Waals surface area contributed by atoms with Gasteiger partial charge in [0.25, 0.3) is 5.56 Å². The third-order valence-electron chi connectivity index (χ3n) is 5.08. The van der Waals surface area contributed by atoms with E-state index in [0.717, 1.165) is 23.6 Å². The summed E-state index contributed by atoms with van der Waals surface area (Å²) in [5.41, 5.74) is 1.27. The van der Waals surface area contributed by atoms with Gasteiger partial charge in [0.1, 0.15) is 5.82 Å². The molecule has 0 saturated carbocycles. The molecule has 9 heteroatoms. The van der Waals surface area contributed by atoms with Crippen molar-refractivity contribution < 1.29 is 4.79 Å². The molecule has 0 aliphatic carbocycles. The molecule has 0 fully saturated rings. The smallest absolute Gasteiger partial charge is 0.258 e. The summed E-state index contributed by atoms with van der Waals surface area (Å²) in [7, 11) is 0. The Bertz CT molecular complexity index is 1250. The van der Waals surface area contributed by atoms with Crippen molar-refractivity contribution in [2.24, 2.45) is 0 Å². The van der Waals surface area contributed by atoms with Crippen molar-refractivity contribution in [1.82, 2.24) is 29.9 Å². The van der Waals surface area contributed by atoms with Gasteiger partial charge in [0.05, 0.1) is 16.9 Å². The van der Waals surface area contributed by atoms with Crippen LogP contribution in [0, 0.1) is 0 Å². The van der Waals surface area contributed by atoms with E-state index in [4.69, 9.17) is 0 Å². The summed E-state index contributed by atoms with van der Waals surface area (Å²) in [6, 6.07) is 12.8. The molecule has 8 nitrogen and oxygen atoms in total. The van der Waals surface area contributed by atoms with Gasteiger partial charge in [-0.1, -0.05) is 18.2 Å². The molecule has 3 heterocycles. The first-order chi connectivity index (χ1) is 15.2. The second kappa shape index (κ2) is 9.74. The van der Waals surface area contributed by atoms with Gasteiger partial charge >= 0.3 is 0 Å². The van der Waals surface area contributed by atoms with E-state index in [1.54, 1.807) is 17.8 Å². The minimum Gasteiger partial charge on any atom is -0.346 e. The van der Waals surface area contributed by atoms with Crippen LogP contribution in [-0.4, -0.2) is 42.5 Å². The van der Waals surface area contributed by atoms with Crippen LogP contribution in [0.25, 0.3) is 16.6 Å². The molecule has 160 valence electrons. The zero-order valence-corrected chi connectivity index (χ0v) is 18.1. The summed E-state index contributed by atoms with van der Waals surface area (Å²) in [5.74, 6) is 2.17. The lowest BCUT2D eigenvalue weighted by Crippen LogP contribution is -2.30. The SMILES string of the molecule is CSCC[C@H](NC(=O)CCCc1nc2ccccc2c(=O)[nH]1)c1nnc2ccccn12. The van der Waals surface area contributed by atoms with Crippen molar-refractivity contribution in [3.8, 4) is 0 Å². The fourth-order valence-electron chi connectivity index (χ4n) is 3.54. The Morgan fingerprint density at radius 1 is 1.19 bits per heavy atom. The highest BCUT2D eigenvalue weighted by atomic mass is 32.2. The average Bonchev–Trinajstić information content (AvgIpc) is 3.21. The van der Waals surface area contributed by atoms with Crippen molar-refractivity contribution in [2.45, 2.75) is 31.7 Å². The number of hydrogen-bond acceptors (Lipinski definition) is 6. The average molecular weight is 437 g/mol. The van der Waals surface area contributed by atoms with Gasteiger partial charge in [-0.3, -0.25) is 14.0 Å². The number of aromatic amines is 1. The van der Waals surface area contributed by atoms with Gasteiger partial charge in [0.2, 0.25) is 5.91 Å². The fraction of sp³-hybridized carbons (Fsp3) is 0.318. The van der Waals surface area contributed by atoms with Crippen molar-refractivity contribution in [2.75, 3.05) is 12.0 Å². The molecular formula is C22H24N6O2S. The number of carbonyl (C=O) groups excluding carboxylic acids is 1. The maximum Gasteiger partial charge on any atom is 0.258 e. The van der Waals surface area contributed by atoms with Crippen LogP contribution < -0.4 is 10.9 Å². The van der Waals surface area contributed by atoms with Gasteiger partial charge in [-0.15, -0.1) is 10.2 Å². The van der Waals surface area contributed by atoms with E-state index in [0.29, 0.717) is 36.0 Å². The number of para-hydroxylation sites is 1. The maximum atomic E-state index is 12.6. The van der Waals surface area contributed by atoms with Crippen molar-refractivity contribution in [3.63, 3.8) is 0 Å². The first-order valence-electron chi connectivity index (χ1n) is 10.2. The maximum absolute atomic E-state index is 12.6. The van der Waals surface area contributed by atoms with Crippen LogP contribution in [0.15, 0.2) is 53.5 Å². The Hall–Kier alpha value is -3.20. The number of nitrogens with zero attached hydrogens (tertiary/aromatic N) is 4. The number of carbonyl (C=O) groups is 1. The fourth-order valence-corrected chi connectivity index (χ4v) is 4.01. The molecule has 4 rings (SSSR count). The molecule has 0 aliphatic rings. The quantitative estimate of drug-likeness (QED) is 0.418. The van der Waals surface area contributed by atoms with Crippen LogP contribution in [0.3, 0.4) is 0 Å². The lowest BCUT2D eigenvalue weighted by atomic mass is 10.1. The number of hydrogen-bond donors (Lipinski definition) is 2. The van der Waals surface area contributed by atoms with Gasteiger partial charge in [-0.2, -0.15) is 11.8 Å². The van der Waals surface area contributed by atoms with Crippen LogP contribution in [0.4, 0.5) is 0 Å². The van der Waals surface area contributed by atoms with E-state index in [2.05, 4.69) is 25.5 Å². The molecule has 3 aromatic heterocycles. The molecule has 31 heavy (non-hydrogen) atoms. The van der Waals surface area contributed by atoms with Crippen molar-refractivity contribution in [3.05, 3.63) is 70.7 Å². The second-order valence-electron chi connectivity index (χ2n) is 7.27. The van der Waals surface area contributed by atoms with Gasteiger partial charge < -0.3 is 10.3 Å². The topological polar surface area (TPSA) is 105 Å². The molecule has 0 aliphatic heterocycles. The molecule has 1 amide bonds. The minimum absolute atomic E-state index is 0.0538. The molecule has 1 atom stereocenters. The zero-order valence-electron chi connectivity index (χ0n) is 17.2. The molecule has 0 radical (unpaired) electrons. The Kier molecular flexibility index (Phi) is 6.61. The van der Waals surface area contributed by atoms with E-state index in [1.165, 1.54) is 0 Å². The van der Waals surface area contributed by atoms with Crippen LogP contribution in [-0.2, 0) is 11.2 Å². The molecule has 0 spiro atoms. The predicted octanol–water partition coefficient (Wildman–Crippen LogP) is 2.90. The lowest BCUT2D eigenvalue weighted by Gasteiger charge is -2.17. The number of benzene rings is 1. The Morgan fingerprint density at radius 3 is 2.90 bits per heavy atom.